The predicted octanol–water partition coefficient (Wildman–Crippen LogP) is 3.13. The number of rotatable bonds is 11. The zero-order valence-electron chi connectivity index (χ0n) is 13.9. The van der Waals surface area contributed by atoms with E-state index >= 15 is 0 Å². The van der Waals surface area contributed by atoms with Gasteiger partial charge in [0.25, 0.3) is 0 Å². The molecule has 0 saturated carbocycles. The number of aliphatic hydroxyl groups is 1. The highest BCUT2D eigenvalue weighted by atomic mass is 16.3. The fraction of sp³-hybridized carbons (Fsp3) is 0.667. The van der Waals surface area contributed by atoms with E-state index in [9.17, 15) is 5.11 Å². The molecule has 1 unspecified atom stereocenters. The van der Waals surface area contributed by atoms with Gasteiger partial charge in [0.1, 0.15) is 0 Å². The van der Waals surface area contributed by atoms with Crippen molar-refractivity contribution in [2.75, 3.05) is 32.8 Å². The largest absolute Gasteiger partial charge is 0.395 e. The summed E-state index contributed by atoms with van der Waals surface area (Å²) in [5.41, 5.74) is 2.77. The normalized spacial score (nSPS) is 12.8. The lowest BCUT2D eigenvalue weighted by Crippen LogP contribution is -2.32. The van der Waals surface area contributed by atoms with Crippen LogP contribution in [0.5, 0.6) is 0 Å². The summed E-state index contributed by atoms with van der Waals surface area (Å²) in [4.78, 5) is 2.36. The second-order valence-electron chi connectivity index (χ2n) is 5.72. The highest BCUT2D eigenvalue weighted by Crippen LogP contribution is 2.21. The summed E-state index contributed by atoms with van der Waals surface area (Å²) >= 11 is 0. The maximum Gasteiger partial charge on any atom is 0.0558 e. The molecule has 0 aliphatic carbocycles. The summed E-state index contributed by atoms with van der Waals surface area (Å²) < 4.78 is 0. The van der Waals surface area contributed by atoms with Gasteiger partial charge in [-0.3, -0.25) is 0 Å². The quantitative estimate of drug-likeness (QED) is 0.658. The van der Waals surface area contributed by atoms with Crippen molar-refractivity contribution in [1.29, 1.82) is 0 Å². The average Bonchev–Trinajstić information content (AvgIpc) is 2.49. The Morgan fingerprint density at radius 2 is 1.86 bits per heavy atom. The molecule has 0 aromatic heterocycles. The summed E-state index contributed by atoms with van der Waals surface area (Å²) in [5, 5.41) is 12.9. The lowest BCUT2D eigenvalue weighted by Gasteiger charge is -2.26. The third-order valence-electron chi connectivity index (χ3n) is 3.89. The van der Waals surface area contributed by atoms with Crippen LogP contribution in [-0.2, 0) is 0 Å². The number of hydrogen-bond donors (Lipinski definition) is 2. The Morgan fingerprint density at radius 1 is 1.10 bits per heavy atom. The SMILES string of the molecule is CCCNC(CCN(CCC)CCO)c1ccccc1C. The summed E-state index contributed by atoms with van der Waals surface area (Å²) in [6.07, 6.45) is 3.37. The van der Waals surface area contributed by atoms with E-state index in [-0.39, 0.29) is 6.61 Å². The van der Waals surface area contributed by atoms with Crippen LogP contribution in [0.4, 0.5) is 0 Å². The van der Waals surface area contributed by atoms with Crippen LogP contribution in [0.3, 0.4) is 0 Å². The number of benzene rings is 1. The fourth-order valence-corrected chi connectivity index (χ4v) is 2.77. The second-order valence-corrected chi connectivity index (χ2v) is 5.72. The molecular weight excluding hydrogens is 260 g/mol. The van der Waals surface area contributed by atoms with E-state index in [0.717, 1.165) is 45.4 Å². The van der Waals surface area contributed by atoms with Crippen LogP contribution >= 0.6 is 0 Å². The molecule has 0 fully saturated rings. The first-order valence-electron chi connectivity index (χ1n) is 8.35. The van der Waals surface area contributed by atoms with E-state index in [1.54, 1.807) is 0 Å². The maximum atomic E-state index is 9.17. The van der Waals surface area contributed by atoms with Crippen molar-refractivity contribution in [3.05, 3.63) is 35.4 Å². The lowest BCUT2D eigenvalue weighted by atomic mass is 9.98. The van der Waals surface area contributed by atoms with Crippen LogP contribution in [0.2, 0.25) is 0 Å². The summed E-state index contributed by atoms with van der Waals surface area (Å²) in [6.45, 7) is 10.8. The first-order chi connectivity index (χ1) is 10.2. The van der Waals surface area contributed by atoms with Gasteiger partial charge < -0.3 is 15.3 Å². The Kier molecular flexibility index (Phi) is 9.31. The van der Waals surface area contributed by atoms with Gasteiger partial charge in [-0.25, -0.2) is 0 Å². The molecule has 1 aromatic carbocycles. The van der Waals surface area contributed by atoms with Gasteiger partial charge in [-0.05, 0) is 50.4 Å². The number of aliphatic hydroxyl groups excluding tert-OH is 1. The van der Waals surface area contributed by atoms with Crippen LogP contribution in [0.15, 0.2) is 24.3 Å². The first-order valence-corrected chi connectivity index (χ1v) is 8.35. The Balaban J connectivity index is 2.67. The van der Waals surface area contributed by atoms with E-state index in [2.05, 4.69) is 55.3 Å². The van der Waals surface area contributed by atoms with Gasteiger partial charge in [0.2, 0.25) is 0 Å². The standard InChI is InChI=1S/C18H32N2O/c1-4-11-19-18(17-9-7-6-8-16(17)3)10-13-20(12-5-2)14-15-21/h6-9,18-19,21H,4-5,10-15H2,1-3H3. The smallest absolute Gasteiger partial charge is 0.0558 e. The molecule has 21 heavy (non-hydrogen) atoms. The molecule has 0 amide bonds. The first kappa shape index (κ1) is 18.1. The predicted molar refractivity (Wildman–Crippen MR) is 90.6 cm³/mol. The summed E-state index contributed by atoms with van der Waals surface area (Å²) in [6, 6.07) is 9.06. The maximum absolute atomic E-state index is 9.17. The Labute approximate surface area is 130 Å². The third kappa shape index (κ3) is 6.60. The molecule has 0 radical (unpaired) electrons. The minimum Gasteiger partial charge on any atom is -0.395 e. The molecule has 0 aliphatic heterocycles. The van der Waals surface area contributed by atoms with Crippen LogP contribution < -0.4 is 5.32 Å². The van der Waals surface area contributed by atoms with Crippen LogP contribution in [0.25, 0.3) is 0 Å². The molecule has 0 bridgehead atoms. The Bertz CT molecular complexity index is 375. The average molecular weight is 292 g/mol. The van der Waals surface area contributed by atoms with E-state index in [0.29, 0.717) is 6.04 Å². The fourth-order valence-electron chi connectivity index (χ4n) is 2.77. The van der Waals surface area contributed by atoms with Crippen molar-refractivity contribution in [3.63, 3.8) is 0 Å². The van der Waals surface area contributed by atoms with Gasteiger partial charge >= 0.3 is 0 Å². The molecule has 2 N–H and O–H groups in total. The minimum absolute atomic E-state index is 0.247. The monoisotopic (exact) mass is 292 g/mol. The topological polar surface area (TPSA) is 35.5 Å². The van der Waals surface area contributed by atoms with Gasteiger partial charge in [0.15, 0.2) is 0 Å². The number of nitrogens with zero attached hydrogens (tertiary/aromatic N) is 1. The lowest BCUT2D eigenvalue weighted by molar-refractivity contribution is 0.189. The van der Waals surface area contributed by atoms with Crippen molar-refractivity contribution < 1.29 is 5.11 Å². The van der Waals surface area contributed by atoms with Crippen molar-refractivity contribution in [1.82, 2.24) is 10.2 Å². The Morgan fingerprint density at radius 3 is 2.48 bits per heavy atom. The van der Waals surface area contributed by atoms with E-state index in [1.165, 1.54) is 11.1 Å². The van der Waals surface area contributed by atoms with Crippen molar-refractivity contribution in [3.8, 4) is 0 Å². The molecule has 0 heterocycles. The van der Waals surface area contributed by atoms with Crippen molar-refractivity contribution in [2.45, 2.75) is 46.1 Å². The number of nitrogens with one attached hydrogen (secondary N) is 1. The zero-order valence-corrected chi connectivity index (χ0v) is 13.9. The molecule has 0 saturated heterocycles. The van der Waals surface area contributed by atoms with Gasteiger partial charge in [-0.15, -0.1) is 0 Å². The molecule has 1 atom stereocenters. The van der Waals surface area contributed by atoms with E-state index in [4.69, 9.17) is 0 Å². The molecular formula is C18H32N2O. The third-order valence-corrected chi connectivity index (χ3v) is 3.89. The highest BCUT2D eigenvalue weighted by Gasteiger charge is 2.14. The molecule has 0 aliphatic rings. The molecule has 1 aromatic rings. The van der Waals surface area contributed by atoms with Gasteiger partial charge in [-0.2, -0.15) is 0 Å². The zero-order chi connectivity index (χ0) is 15.5. The summed E-state index contributed by atoms with van der Waals surface area (Å²) in [5.74, 6) is 0. The van der Waals surface area contributed by atoms with Crippen LogP contribution in [-0.4, -0.2) is 42.8 Å². The van der Waals surface area contributed by atoms with Crippen molar-refractivity contribution >= 4 is 0 Å². The van der Waals surface area contributed by atoms with Crippen LogP contribution in [0, 0.1) is 6.92 Å². The van der Waals surface area contributed by atoms with Gasteiger partial charge in [-0.1, -0.05) is 38.1 Å². The molecule has 1 rings (SSSR count). The minimum atomic E-state index is 0.247. The second kappa shape index (κ2) is 10.8. The van der Waals surface area contributed by atoms with E-state index < -0.39 is 0 Å². The molecule has 3 heteroatoms. The number of aryl methyl sites for hydroxylation is 1. The van der Waals surface area contributed by atoms with Gasteiger partial charge in [0, 0.05) is 19.1 Å². The molecule has 3 nitrogen and oxygen atoms in total. The summed E-state index contributed by atoms with van der Waals surface area (Å²) in [7, 11) is 0. The van der Waals surface area contributed by atoms with Crippen LogP contribution in [0.1, 0.15) is 50.3 Å². The molecule has 120 valence electrons. The number of hydrogen-bond acceptors (Lipinski definition) is 3. The van der Waals surface area contributed by atoms with Crippen molar-refractivity contribution in [2.24, 2.45) is 0 Å². The Hall–Kier alpha value is -0.900. The van der Waals surface area contributed by atoms with E-state index in [1.807, 2.05) is 0 Å². The highest BCUT2D eigenvalue weighted by molar-refractivity contribution is 5.28. The van der Waals surface area contributed by atoms with Gasteiger partial charge in [0.05, 0.1) is 6.61 Å². The molecule has 0 spiro atoms.